The van der Waals surface area contributed by atoms with Gasteiger partial charge in [-0.25, -0.2) is 0 Å². The lowest BCUT2D eigenvalue weighted by Crippen LogP contribution is -2.38. The molecule has 0 spiro atoms. The van der Waals surface area contributed by atoms with E-state index in [1.54, 1.807) is 42.3 Å². The van der Waals surface area contributed by atoms with Crippen molar-refractivity contribution in [2.45, 2.75) is 26.7 Å². The lowest BCUT2D eigenvalue weighted by Gasteiger charge is -2.22. The van der Waals surface area contributed by atoms with E-state index in [2.05, 4.69) is 5.32 Å². The number of methoxy groups -OCH3 is 1. The molecule has 0 aliphatic carbocycles. The van der Waals surface area contributed by atoms with E-state index < -0.39 is 0 Å². The number of carbonyl (C=O) groups is 2. The van der Waals surface area contributed by atoms with Crippen molar-refractivity contribution in [1.82, 2.24) is 4.90 Å². The molecule has 2 rings (SSSR count). The standard InChI is InChI=1S/C22H28N2O4/c1-4-13-24(16-21(25)23-19-11-6-7-12-20(19)27-3)22(26)17-9-8-10-18(15-17)28-14-5-2/h6-12,15H,4-5,13-14,16H2,1-3H3,(H,23,25). The SMILES string of the molecule is CCCOc1cccc(C(=O)N(CCC)CC(=O)Nc2ccccc2OC)c1. The van der Waals surface area contributed by atoms with Crippen LogP contribution in [0.15, 0.2) is 48.5 Å². The summed E-state index contributed by atoms with van der Waals surface area (Å²) in [5, 5.41) is 2.81. The van der Waals surface area contributed by atoms with Crippen molar-refractivity contribution in [3.8, 4) is 11.5 Å². The van der Waals surface area contributed by atoms with Crippen LogP contribution in [0.2, 0.25) is 0 Å². The molecule has 6 nitrogen and oxygen atoms in total. The largest absolute Gasteiger partial charge is 0.495 e. The van der Waals surface area contributed by atoms with Gasteiger partial charge >= 0.3 is 0 Å². The molecule has 6 heteroatoms. The quantitative estimate of drug-likeness (QED) is 0.673. The van der Waals surface area contributed by atoms with Gasteiger partial charge in [0.1, 0.15) is 18.0 Å². The third-order valence-corrected chi connectivity index (χ3v) is 4.05. The number of anilines is 1. The molecule has 0 bridgehead atoms. The van der Waals surface area contributed by atoms with E-state index in [1.165, 1.54) is 0 Å². The Morgan fingerprint density at radius 2 is 1.82 bits per heavy atom. The smallest absolute Gasteiger partial charge is 0.254 e. The lowest BCUT2D eigenvalue weighted by atomic mass is 10.1. The van der Waals surface area contributed by atoms with Gasteiger partial charge in [-0.1, -0.05) is 32.0 Å². The first kappa shape index (κ1) is 21.3. The monoisotopic (exact) mass is 384 g/mol. The number of carbonyl (C=O) groups excluding carboxylic acids is 2. The third kappa shape index (κ3) is 6.01. The average Bonchev–Trinajstić information content (AvgIpc) is 2.72. The van der Waals surface area contributed by atoms with Gasteiger partial charge in [0.2, 0.25) is 5.91 Å². The minimum atomic E-state index is -0.273. The van der Waals surface area contributed by atoms with Crippen LogP contribution < -0.4 is 14.8 Å². The van der Waals surface area contributed by atoms with E-state index >= 15 is 0 Å². The molecule has 0 saturated carbocycles. The summed E-state index contributed by atoms with van der Waals surface area (Å²) in [5.74, 6) is 0.760. The minimum Gasteiger partial charge on any atom is -0.495 e. The molecule has 28 heavy (non-hydrogen) atoms. The molecule has 2 aromatic rings. The highest BCUT2D eigenvalue weighted by Crippen LogP contribution is 2.23. The van der Waals surface area contributed by atoms with Crippen LogP contribution in [-0.2, 0) is 4.79 Å². The van der Waals surface area contributed by atoms with E-state index in [1.807, 2.05) is 32.0 Å². The molecule has 2 amide bonds. The van der Waals surface area contributed by atoms with Gasteiger partial charge in [0.25, 0.3) is 5.91 Å². The summed E-state index contributed by atoms with van der Waals surface area (Å²) < 4.78 is 10.9. The van der Waals surface area contributed by atoms with Gasteiger partial charge in [-0.15, -0.1) is 0 Å². The fraction of sp³-hybridized carbons (Fsp3) is 0.364. The van der Waals surface area contributed by atoms with E-state index in [0.29, 0.717) is 35.9 Å². The average molecular weight is 384 g/mol. The number of benzene rings is 2. The number of para-hydroxylation sites is 2. The number of nitrogens with zero attached hydrogens (tertiary/aromatic N) is 1. The first-order valence-corrected chi connectivity index (χ1v) is 9.54. The molecule has 0 saturated heterocycles. The van der Waals surface area contributed by atoms with Crippen molar-refractivity contribution < 1.29 is 19.1 Å². The van der Waals surface area contributed by atoms with Crippen molar-refractivity contribution >= 4 is 17.5 Å². The Kier molecular flexibility index (Phi) is 8.34. The van der Waals surface area contributed by atoms with Crippen LogP contribution in [-0.4, -0.2) is 43.5 Å². The molecule has 0 aliphatic heterocycles. The Bertz CT molecular complexity index is 792. The highest BCUT2D eigenvalue weighted by molar-refractivity contribution is 6.00. The van der Waals surface area contributed by atoms with E-state index in [9.17, 15) is 9.59 Å². The van der Waals surface area contributed by atoms with Crippen LogP contribution in [0.4, 0.5) is 5.69 Å². The predicted molar refractivity (Wildman–Crippen MR) is 110 cm³/mol. The highest BCUT2D eigenvalue weighted by atomic mass is 16.5. The summed E-state index contributed by atoms with van der Waals surface area (Å²) in [5.41, 5.74) is 1.08. The Balaban J connectivity index is 2.09. The first-order chi connectivity index (χ1) is 13.6. The van der Waals surface area contributed by atoms with Gasteiger partial charge in [0.05, 0.1) is 19.4 Å². The van der Waals surface area contributed by atoms with Gasteiger partial charge in [-0.05, 0) is 43.2 Å². The number of hydrogen-bond acceptors (Lipinski definition) is 4. The van der Waals surface area contributed by atoms with Crippen LogP contribution in [0.3, 0.4) is 0 Å². The Labute approximate surface area is 166 Å². The summed E-state index contributed by atoms with van der Waals surface area (Å²) in [6, 6.07) is 14.2. The topological polar surface area (TPSA) is 67.9 Å². The fourth-order valence-corrected chi connectivity index (χ4v) is 2.75. The molecule has 0 atom stereocenters. The fourth-order valence-electron chi connectivity index (χ4n) is 2.75. The molecule has 0 heterocycles. The molecule has 1 N–H and O–H groups in total. The number of ether oxygens (including phenoxy) is 2. The summed E-state index contributed by atoms with van der Waals surface area (Å²) in [7, 11) is 1.55. The predicted octanol–water partition coefficient (Wildman–Crippen LogP) is 3.97. The molecular formula is C22H28N2O4. The molecular weight excluding hydrogens is 356 g/mol. The van der Waals surface area contributed by atoms with Gasteiger partial charge in [0.15, 0.2) is 0 Å². The molecule has 0 fully saturated rings. The van der Waals surface area contributed by atoms with E-state index in [-0.39, 0.29) is 18.4 Å². The Morgan fingerprint density at radius 1 is 1.04 bits per heavy atom. The molecule has 0 aliphatic rings. The Morgan fingerprint density at radius 3 is 2.54 bits per heavy atom. The third-order valence-electron chi connectivity index (χ3n) is 4.05. The molecule has 0 unspecified atom stereocenters. The van der Waals surface area contributed by atoms with Gasteiger partial charge in [0, 0.05) is 12.1 Å². The maximum atomic E-state index is 12.9. The van der Waals surface area contributed by atoms with Crippen molar-refractivity contribution in [3.63, 3.8) is 0 Å². The van der Waals surface area contributed by atoms with E-state index in [0.717, 1.165) is 12.8 Å². The summed E-state index contributed by atoms with van der Waals surface area (Å²) in [6.45, 7) is 5.04. The number of amides is 2. The lowest BCUT2D eigenvalue weighted by molar-refractivity contribution is -0.116. The molecule has 2 aromatic carbocycles. The number of nitrogens with one attached hydrogen (secondary N) is 1. The van der Waals surface area contributed by atoms with Gasteiger partial charge < -0.3 is 19.7 Å². The first-order valence-electron chi connectivity index (χ1n) is 9.54. The van der Waals surface area contributed by atoms with E-state index in [4.69, 9.17) is 9.47 Å². The summed E-state index contributed by atoms with van der Waals surface area (Å²) in [4.78, 5) is 27.0. The highest BCUT2D eigenvalue weighted by Gasteiger charge is 2.19. The molecule has 0 aromatic heterocycles. The van der Waals surface area contributed by atoms with Gasteiger partial charge in [-0.2, -0.15) is 0 Å². The van der Waals surface area contributed by atoms with Gasteiger partial charge in [-0.3, -0.25) is 9.59 Å². The van der Waals surface area contributed by atoms with Crippen LogP contribution in [0, 0.1) is 0 Å². The molecule has 150 valence electrons. The van der Waals surface area contributed by atoms with Crippen LogP contribution >= 0.6 is 0 Å². The maximum absolute atomic E-state index is 12.9. The zero-order chi connectivity index (χ0) is 20.4. The minimum absolute atomic E-state index is 0.0369. The summed E-state index contributed by atoms with van der Waals surface area (Å²) in [6.07, 6.45) is 1.64. The zero-order valence-corrected chi connectivity index (χ0v) is 16.7. The normalized spacial score (nSPS) is 10.2. The second-order valence-electron chi connectivity index (χ2n) is 6.35. The summed E-state index contributed by atoms with van der Waals surface area (Å²) >= 11 is 0. The van der Waals surface area contributed by atoms with Crippen LogP contribution in [0.5, 0.6) is 11.5 Å². The van der Waals surface area contributed by atoms with Crippen molar-refractivity contribution in [2.75, 3.05) is 32.1 Å². The zero-order valence-electron chi connectivity index (χ0n) is 16.7. The molecule has 0 radical (unpaired) electrons. The number of rotatable bonds is 10. The second-order valence-corrected chi connectivity index (χ2v) is 6.35. The second kappa shape index (κ2) is 11.0. The van der Waals surface area contributed by atoms with Crippen molar-refractivity contribution in [2.24, 2.45) is 0 Å². The van der Waals surface area contributed by atoms with Crippen molar-refractivity contribution in [3.05, 3.63) is 54.1 Å². The maximum Gasteiger partial charge on any atom is 0.254 e. The Hall–Kier alpha value is -3.02. The van der Waals surface area contributed by atoms with Crippen LogP contribution in [0.25, 0.3) is 0 Å². The number of hydrogen-bond donors (Lipinski definition) is 1. The van der Waals surface area contributed by atoms with Crippen molar-refractivity contribution in [1.29, 1.82) is 0 Å². The van der Waals surface area contributed by atoms with Crippen LogP contribution in [0.1, 0.15) is 37.0 Å².